The highest BCUT2D eigenvalue weighted by Crippen LogP contribution is 2.20. The van der Waals surface area contributed by atoms with E-state index in [0.717, 1.165) is 28.1 Å². The molecule has 0 amide bonds. The van der Waals surface area contributed by atoms with Gasteiger partial charge in [-0.1, -0.05) is 29.6 Å². The zero-order valence-electron chi connectivity index (χ0n) is 10.3. The predicted molar refractivity (Wildman–Crippen MR) is 74.5 cm³/mol. The number of aryl methyl sites for hydroxylation is 1. The minimum atomic E-state index is -0.0283. The summed E-state index contributed by atoms with van der Waals surface area (Å²) in [6.07, 6.45) is 2.44. The summed E-state index contributed by atoms with van der Waals surface area (Å²) in [6, 6.07) is 9.41. The van der Waals surface area contributed by atoms with Gasteiger partial charge in [0.2, 0.25) is 5.78 Å². The lowest BCUT2D eigenvalue weighted by molar-refractivity contribution is 0.104. The van der Waals surface area contributed by atoms with E-state index in [-0.39, 0.29) is 5.78 Å². The molecule has 3 aromatic rings. The van der Waals surface area contributed by atoms with Gasteiger partial charge in [-0.2, -0.15) is 0 Å². The summed E-state index contributed by atoms with van der Waals surface area (Å²) in [6.45, 7) is 1.97. The lowest BCUT2D eigenvalue weighted by Gasteiger charge is -2.01. The number of rotatable bonds is 3. The molecule has 0 fully saturated rings. The van der Waals surface area contributed by atoms with Gasteiger partial charge >= 0.3 is 0 Å². The molecule has 0 aliphatic carbocycles. The van der Waals surface area contributed by atoms with Crippen LogP contribution >= 0.6 is 11.5 Å². The number of benzene rings is 1. The van der Waals surface area contributed by atoms with Crippen molar-refractivity contribution >= 4 is 28.2 Å². The second-order valence-corrected chi connectivity index (χ2v) is 4.90. The molecule has 0 aliphatic heterocycles. The number of pyridine rings is 1. The zero-order chi connectivity index (χ0) is 13.2. The zero-order valence-corrected chi connectivity index (χ0v) is 11.1. The lowest BCUT2D eigenvalue weighted by Crippen LogP contribution is -2.02. The molecule has 1 aromatic carbocycles. The summed E-state index contributed by atoms with van der Waals surface area (Å²) in [5.41, 5.74) is 2.21. The Morgan fingerprint density at radius 1 is 1.32 bits per heavy atom. The van der Waals surface area contributed by atoms with Gasteiger partial charge in [-0.15, -0.1) is 5.10 Å². The van der Waals surface area contributed by atoms with Gasteiger partial charge in [0, 0.05) is 17.1 Å². The molecule has 5 heteroatoms. The normalized spacial score (nSPS) is 10.8. The highest BCUT2D eigenvalue weighted by molar-refractivity contribution is 7.08. The van der Waals surface area contributed by atoms with Gasteiger partial charge in [0.1, 0.15) is 4.88 Å². The third-order valence-corrected chi connectivity index (χ3v) is 3.73. The molecule has 19 heavy (non-hydrogen) atoms. The molecule has 0 unspecified atom stereocenters. The van der Waals surface area contributed by atoms with Gasteiger partial charge in [-0.25, -0.2) is 0 Å². The maximum absolute atomic E-state index is 12.4. The summed E-state index contributed by atoms with van der Waals surface area (Å²) in [5.74, 6) is -0.0283. The smallest absolute Gasteiger partial charge is 0.206 e. The number of hydrogen-bond donors (Lipinski definition) is 0. The second kappa shape index (κ2) is 4.85. The molecule has 0 bridgehead atoms. The fraction of sp³-hybridized carbons (Fsp3) is 0.143. The summed E-state index contributed by atoms with van der Waals surface area (Å²) in [5, 5.41) is 5.00. The van der Waals surface area contributed by atoms with Crippen molar-refractivity contribution in [1.82, 2.24) is 14.6 Å². The number of aromatic nitrogens is 3. The van der Waals surface area contributed by atoms with Crippen molar-refractivity contribution in [2.24, 2.45) is 0 Å². The van der Waals surface area contributed by atoms with E-state index in [4.69, 9.17) is 0 Å². The first kappa shape index (κ1) is 11.9. The molecule has 0 aliphatic rings. The van der Waals surface area contributed by atoms with E-state index in [1.807, 2.05) is 37.3 Å². The van der Waals surface area contributed by atoms with E-state index in [2.05, 4.69) is 14.6 Å². The third kappa shape index (κ3) is 2.13. The van der Waals surface area contributed by atoms with Crippen molar-refractivity contribution in [1.29, 1.82) is 0 Å². The van der Waals surface area contributed by atoms with Crippen molar-refractivity contribution in [3.05, 3.63) is 52.7 Å². The molecule has 4 nitrogen and oxygen atoms in total. The maximum Gasteiger partial charge on any atom is 0.206 e. The van der Waals surface area contributed by atoms with Crippen LogP contribution in [0.3, 0.4) is 0 Å². The van der Waals surface area contributed by atoms with Crippen LogP contribution in [0.25, 0.3) is 10.9 Å². The van der Waals surface area contributed by atoms with Crippen molar-refractivity contribution in [3.63, 3.8) is 0 Å². The third-order valence-electron chi connectivity index (χ3n) is 2.96. The Bertz CT molecular complexity index is 751. The number of carbonyl (C=O) groups excluding carboxylic acids is 1. The average Bonchev–Trinajstić information content (AvgIpc) is 2.94. The minimum absolute atomic E-state index is 0.0283. The number of fused-ring (bicyclic) bond motifs is 1. The van der Waals surface area contributed by atoms with E-state index >= 15 is 0 Å². The van der Waals surface area contributed by atoms with Crippen LogP contribution in [-0.4, -0.2) is 20.4 Å². The Balaban J connectivity index is 2.06. The van der Waals surface area contributed by atoms with Crippen LogP contribution in [-0.2, 0) is 6.42 Å². The van der Waals surface area contributed by atoms with Crippen LogP contribution in [0.1, 0.15) is 27.9 Å². The summed E-state index contributed by atoms with van der Waals surface area (Å²) < 4.78 is 3.86. The standard InChI is InChI=1S/C14H11N3OS/c1-2-11-14(19-17-16-11)13(18)10-6-5-9-4-3-7-15-12(9)8-10/h3-8H,2H2,1H3. The van der Waals surface area contributed by atoms with Crippen LogP contribution in [0.15, 0.2) is 36.5 Å². The fourth-order valence-corrected chi connectivity index (χ4v) is 2.66. The topological polar surface area (TPSA) is 55.7 Å². The van der Waals surface area contributed by atoms with Crippen LogP contribution in [0.4, 0.5) is 0 Å². The summed E-state index contributed by atoms with van der Waals surface area (Å²) >= 11 is 1.15. The molecule has 0 radical (unpaired) electrons. The molecule has 0 spiro atoms. The van der Waals surface area contributed by atoms with Crippen LogP contribution in [0.5, 0.6) is 0 Å². The van der Waals surface area contributed by atoms with E-state index in [1.165, 1.54) is 0 Å². The van der Waals surface area contributed by atoms with E-state index < -0.39 is 0 Å². The van der Waals surface area contributed by atoms with Crippen molar-refractivity contribution < 1.29 is 4.79 Å². The van der Waals surface area contributed by atoms with Crippen molar-refractivity contribution in [2.45, 2.75) is 13.3 Å². The van der Waals surface area contributed by atoms with Gasteiger partial charge < -0.3 is 0 Å². The molecule has 94 valence electrons. The number of nitrogens with zero attached hydrogens (tertiary/aromatic N) is 3. The Morgan fingerprint density at radius 2 is 2.21 bits per heavy atom. The fourth-order valence-electron chi connectivity index (χ4n) is 1.95. The molecule has 0 saturated heterocycles. The lowest BCUT2D eigenvalue weighted by atomic mass is 10.1. The average molecular weight is 269 g/mol. The van der Waals surface area contributed by atoms with Gasteiger partial charge in [0.05, 0.1) is 11.2 Å². The molecule has 2 aromatic heterocycles. The first-order valence-corrected chi connectivity index (χ1v) is 6.77. The number of hydrogen-bond acceptors (Lipinski definition) is 5. The van der Waals surface area contributed by atoms with Gasteiger partial charge in [-0.3, -0.25) is 9.78 Å². The number of ketones is 1. The van der Waals surface area contributed by atoms with Crippen LogP contribution < -0.4 is 0 Å². The van der Waals surface area contributed by atoms with Crippen molar-refractivity contribution in [2.75, 3.05) is 0 Å². The van der Waals surface area contributed by atoms with Crippen molar-refractivity contribution in [3.8, 4) is 0 Å². The Labute approximate surface area is 114 Å². The summed E-state index contributed by atoms with van der Waals surface area (Å²) in [7, 11) is 0. The molecule has 2 heterocycles. The Morgan fingerprint density at radius 3 is 3.05 bits per heavy atom. The molecule has 3 rings (SSSR count). The highest BCUT2D eigenvalue weighted by atomic mass is 32.1. The van der Waals surface area contributed by atoms with Gasteiger partial charge in [-0.05, 0) is 30.1 Å². The van der Waals surface area contributed by atoms with Gasteiger partial charge in [0.25, 0.3) is 0 Å². The first-order valence-electron chi connectivity index (χ1n) is 6.00. The second-order valence-electron chi connectivity index (χ2n) is 4.14. The quantitative estimate of drug-likeness (QED) is 0.686. The summed E-state index contributed by atoms with van der Waals surface area (Å²) in [4.78, 5) is 17.3. The van der Waals surface area contributed by atoms with E-state index in [1.54, 1.807) is 6.20 Å². The molecule has 0 N–H and O–H groups in total. The molecule has 0 atom stereocenters. The van der Waals surface area contributed by atoms with Crippen LogP contribution in [0.2, 0.25) is 0 Å². The van der Waals surface area contributed by atoms with E-state index in [0.29, 0.717) is 16.9 Å². The Hall–Kier alpha value is -2.14. The minimum Gasteiger partial charge on any atom is -0.288 e. The SMILES string of the molecule is CCc1nnsc1C(=O)c1ccc2cccnc2c1. The predicted octanol–water partition coefficient (Wildman–Crippen LogP) is 2.88. The van der Waals surface area contributed by atoms with Crippen LogP contribution in [0, 0.1) is 0 Å². The Kier molecular flexibility index (Phi) is 3.05. The molecular formula is C14H11N3OS. The largest absolute Gasteiger partial charge is 0.288 e. The maximum atomic E-state index is 12.4. The first-order chi connectivity index (χ1) is 9.29. The monoisotopic (exact) mass is 269 g/mol. The molecular weight excluding hydrogens is 258 g/mol. The number of carbonyl (C=O) groups is 1. The highest BCUT2D eigenvalue weighted by Gasteiger charge is 2.17. The van der Waals surface area contributed by atoms with E-state index in [9.17, 15) is 4.79 Å². The molecule has 0 saturated carbocycles. The van der Waals surface area contributed by atoms with Gasteiger partial charge in [0.15, 0.2) is 0 Å².